The molecule has 3 rings (SSSR count). The number of nitrogens with zero attached hydrogens (tertiary/aromatic N) is 3. The first-order chi connectivity index (χ1) is 11.4. The van der Waals surface area contributed by atoms with Crippen molar-refractivity contribution in [3.63, 3.8) is 0 Å². The minimum atomic E-state index is -0.238. The van der Waals surface area contributed by atoms with E-state index in [-0.39, 0.29) is 5.91 Å². The lowest BCUT2D eigenvalue weighted by Gasteiger charge is -2.09. The number of amides is 1. The third kappa shape index (κ3) is 3.41. The van der Waals surface area contributed by atoms with Crippen molar-refractivity contribution in [3.05, 3.63) is 40.4 Å². The molecule has 24 heavy (non-hydrogen) atoms. The van der Waals surface area contributed by atoms with Gasteiger partial charge in [0.1, 0.15) is 5.75 Å². The second kappa shape index (κ2) is 6.60. The van der Waals surface area contributed by atoms with Gasteiger partial charge in [-0.25, -0.2) is 4.52 Å². The number of aromatic nitrogens is 3. The largest absolute Gasteiger partial charge is 0.493 e. The maximum atomic E-state index is 12.3. The fraction of sp³-hybridized carbons (Fsp3) is 0.353. The van der Waals surface area contributed by atoms with Crippen molar-refractivity contribution in [2.75, 3.05) is 11.9 Å². The number of anilines is 1. The van der Waals surface area contributed by atoms with Crippen LogP contribution in [-0.2, 0) is 0 Å². The summed E-state index contributed by atoms with van der Waals surface area (Å²) in [5.74, 6) is 1.29. The number of benzene rings is 1. The first kappa shape index (κ1) is 16.4. The van der Waals surface area contributed by atoms with E-state index >= 15 is 0 Å². The summed E-state index contributed by atoms with van der Waals surface area (Å²) in [6, 6.07) is 7.06. The van der Waals surface area contributed by atoms with Crippen LogP contribution in [0.5, 0.6) is 5.75 Å². The van der Waals surface area contributed by atoms with Gasteiger partial charge in [0.25, 0.3) is 11.9 Å². The van der Waals surface area contributed by atoms with Gasteiger partial charge in [-0.1, -0.05) is 25.2 Å². The highest BCUT2D eigenvalue weighted by Gasteiger charge is 2.13. The van der Waals surface area contributed by atoms with Crippen molar-refractivity contribution in [3.8, 4) is 5.75 Å². The second-order valence-corrected chi connectivity index (χ2v) is 7.24. The van der Waals surface area contributed by atoms with Crippen molar-refractivity contribution < 1.29 is 9.53 Å². The summed E-state index contributed by atoms with van der Waals surface area (Å²) in [6.07, 6.45) is 0. The van der Waals surface area contributed by atoms with E-state index in [2.05, 4.69) is 29.2 Å². The lowest BCUT2D eigenvalue weighted by molar-refractivity contribution is 0.102. The summed E-state index contributed by atoms with van der Waals surface area (Å²) in [4.78, 5) is 18.6. The van der Waals surface area contributed by atoms with Crippen LogP contribution >= 0.6 is 11.3 Å². The number of thiazole rings is 1. The highest BCUT2D eigenvalue weighted by atomic mass is 32.1. The molecule has 1 aromatic carbocycles. The zero-order chi connectivity index (χ0) is 17.3. The van der Waals surface area contributed by atoms with Crippen LogP contribution in [0.2, 0.25) is 0 Å². The zero-order valence-electron chi connectivity index (χ0n) is 14.2. The highest BCUT2D eigenvalue weighted by Crippen LogP contribution is 2.21. The smallest absolute Gasteiger partial charge is 0.258 e. The normalized spacial score (nSPS) is 11.2. The molecule has 6 nitrogen and oxygen atoms in total. The molecular weight excluding hydrogens is 324 g/mol. The van der Waals surface area contributed by atoms with Crippen molar-refractivity contribution in [2.24, 2.45) is 5.92 Å². The Labute approximate surface area is 144 Å². The molecule has 0 radical (unpaired) electrons. The fourth-order valence-electron chi connectivity index (χ4n) is 2.13. The Morgan fingerprint density at radius 2 is 2.00 bits per heavy atom. The Hall–Kier alpha value is -2.41. The quantitative estimate of drug-likeness (QED) is 0.766. The first-order valence-electron chi connectivity index (χ1n) is 7.81. The molecule has 0 bridgehead atoms. The topological polar surface area (TPSA) is 68.5 Å². The number of nitrogens with one attached hydrogen (secondary N) is 1. The van der Waals surface area contributed by atoms with Crippen LogP contribution in [0.1, 0.15) is 34.8 Å². The van der Waals surface area contributed by atoms with Crippen molar-refractivity contribution >= 4 is 28.2 Å². The van der Waals surface area contributed by atoms with Gasteiger partial charge in [-0.2, -0.15) is 4.98 Å². The lowest BCUT2D eigenvalue weighted by atomic mass is 10.2. The SMILES string of the molecule is Cc1sc2nc(NC(=O)c3ccc(OCC(C)C)cc3)nn2c1C. The Morgan fingerprint density at radius 3 is 2.62 bits per heavy atom. The van der Waals surface area contributed by atoms with E-state index in [1.807, 2.05) is 13.8 Å². The third-order valence-electron chi connectivity index (χ3n) is 3.57. The molecule has 0 fully saturated rings. The van der Waals surface area contributed by atoms with E-state index in [1.54, 1.807) is 40.1 Å². The summed E-state index contributed by atoms with van der Waals surface area (Å²) in [7, 11) is 0. The van der Waals surface area contributed by atoms with Crippen LogP contribution in [0.25, 0.3) is 4.96 Å². The maximum Gasteiger partial charge on any atom is 0.258 e. The van der Waals surface area contributed by atoms with Gasteiger partial charge in [0.2, 0.25) is 4.96 Å². The molecular formula is C17H20N4O2S. The zero-order valence-corrected chi connectivity index (χ0v) is 15.0. The Balaban J connectivity index is 1.69. The van der Waals surface area contributed by atoms with Crippen LogP contribution in [-0.4, -0.2) is 27.1 Å². The molecule has 3 aromatic rings. The number of rotatable bonds is 5. The number of hydrogen-bond acceptors (Lipinski definition) is 5. The van der Waals surface area contributed by atoms with Gasteiger partial charge in [-0.3, -0.25) is 10.1 Å². The van der Waals surface area contributed by atoms with E-state index in [1.165, 1.54) is 4.88 Å². The van der Waals surface area contributed by atoms with Gasteiger partial charge in [0.05, 0.1) is 12.3 Å². The van der Waals surface area contributed by atoms with Crippen molar-refractivity contribution in [2.45, 2.75) is 27.7 Å². The highest BCUT2D eigenvalue weighted by molar-refractivity contribution is 7.17. The monoisotopic (exact) mass is 344 g/mol. The molecule has 7 heteroatoms. The minimum absolute atomic E-state index is 0.238. The molecule has 1 N–H and O–H groups in total. The van der Waals surface area contributed by atoms with E-state index < -0.39 is 0 Å². The lowest BCUT2D eigenvalue weighted by Crippen LogP contribution is -2.13. The summed E-state index contributed by atoms with van der Waals surface area (Å²) < 4.78 is 7.36. The van der Waals surface area contributed by atoms with Crippen molar-refractivity contribution in [1.82, 2.24) is 14.6 Å². The molecule has 0 unspecified atom stereocenters. The number of carbonyl (C=O) groups excluding carboxylic acids is 1. The molecule has 0 aliphatic heterocycles. The maximum absolute atomic E-state index is 12.3. The van der Waals surface area contributed by atoms with Crippen LogP contribution < -0.4 is 10.1 Å². The number of ether oxygens (including phenoxy) is 1. The molecule has 0 saturated heterocycles. The minimum Gasteiger partial charge on any atom is -0.493 e. The van der Waals surface area contributed by atoms with E-state index in [4.69, 9.17) is 4.74 Å². The summed E-state index contributed by atoms with van der Waals surface area (Å²) in [5.41, 5.74) is 1.58. The number of carbonyl (C=O) groups is 1. The van der Waals surface area contributed by atoms with Crippen LogP contribution in [0.3, 0.4) is 0 Å². The fourth-order valence-corrected chi connectivity index (χ4v) is 3.04. The van der Waals surface area contributed by atoms with Gasteiger partial charge in [-0.15, -0.1) is 5.10 Å². The van der Waals surface area contributed by atoms with Crippen LogP contribution in [0.4, 0.5) is 5.95 Å². The first-order valence-corrected chi connectivity index (χ1v) is 8.62. The Kier molecular flexibility index (Phi) is 4.53. The number of hydrogen-bond donors (Lipinski definition) is 1. The molecule has 0 atom stereocenters. The predicted octanol–water partition coefficient (Wildman–Crippen LogP) is 3.69. The standard InChI is InChI=1S/C17H20N4O2S/c1-10(2)9-23-14-7-5-13(6-8-14)15(22)18-16-19-17-21(20-16)11(3)12(4)24-17/h5-8,10H,9H2,1-4H3,(H,18,20,22). The van der Waals surface area contributed by atoms with Gasteiger partial charge in [0, 0.05) is 10.4 Å². The van der Waals surface area contributed by atoms with Gasteiger partial charge in [-0.05, 0) is 44.0 Å². The van der Waals surface area contributed by atoms with Gasteiger partial charge in [0.15, 0.2) is 0 Å². The third-order valence-corrected chi connectivity index (χ3v) is 4.62. The predicted molar refractivity (Wildman–Crippen MR) is 95.1 cm³/mol. The summed E-state index contributed by atoms with van der Waals surface area (Å²) in [6.45, 7) is 8.84. The second-order valence-electron chi connectivity index (χ2n) is 6.06. The number of aryl methyl sites for hydroxylation is 2. The van der Waals surface area contributed by atoms with Crippen molar-refractivity contribution in [1.29, 1.82) is 0 Å². The van der Waals surface area contributed by atoms with Crippen LogP contribution in [0, 0.1) is 19.8 Å². The molecule has 1 amide bonds. The summed E-state index contributed by atoms with van der Waals surface area (Å²) >= 11 is 1.55. The van der Waals surface area contributed by atoms with Gasteiger partial charge >= 0.3 is 0 Å². The Bertz CT molecular complexity index is 865. The van der Waals surface area contributed by atoms with Crippen LogP contribution in [0.15, 0.2) is 24.3 Å². The molecule has 0 spiro atoms. The average Bonchev–Trinajstić information content (AvgIpc) is 3.05. The van der Waals surface area contributed by atoms with E-state index in [9.17, 15) is 4.79 Å². The Morgan fingerprint density at radius 1 is 1.29 bits per heavy atom. The van der Waals surface area contributed by atoms with E-state index in [0.29, 0.717) is 24.0 Å². The molecule has 0 saturated carbocycles. The number of fused-ring (bicyclic) bond motifs is 1. The average molecular weight is 344 g/mol. The molecule has 2 aromatic heterocycles. The molecule has 0 aliphatic carbocycles. The van der Waals surface area contributed by atoms with Gasteiger partial charge < -0.3 is 4.74 Å². The van der Waals surface area contributed by atoms with E-state index in [0.717, 1.165) is 16.4 Å². The molecule has 2 heterocycles. The summed E-state index contributed by atoms with van der Waals surface area (Å²) in [5, 5.41) is 7.06. The molecule has 126 valence electrons. The molecule has 0 aliphatic rings.